The molecule has 1 fully saturated rings. The van der Waals surface area contributed by atoms with Crippen LogP contribution in [0.4, 0.5) is 18.9 Å². The van der Waals surface area contributed by atoms with Crippen molar-refractivity contribution >= 4 is 35.1 Å². The smallest absolute Gasteiger partial charge is 0.497 e. The van der Waals surface area contributed by atoms with Crippen LogP contribution in [0.3, 0.4) is 0 Å². The second-order valence-corrected chi connectivity index (χ2v) is 9.12. The lowest BCUT2D eigenvalue weighted by Gasteiger charge is -2.25. The molecule has 1 aliphatic rings. The SMILES string of the molecule is COc1cccc(NC(=O)C(=O)N[C@@H](CC(C)C)C(=O)N[C@@H](C[C@@H]2CCNC2=O)C(=O)COC(F)(F)F)c1. The van der Waals surface area contributed by atoms with Crippen molar-refractivity contribution in [3.8, 4) is 5.75 Å². The Hall–Kier alpha value is -3.68. The van der Waals surface area contributed by atoms with Crippen molar-refractivity contribution < 1.29 is 46.6 Å². The molecule has 14 heteroatoms. The molecular weight excluding hydrogens is 513 g/mol. The van der Waals surface area contributed by atoms with Gasteiger partial charge in [0.25, 0.3) is 0 Å². The zero-order valence-electron chi connectivity index (χ0n) is 21.1. The van der Waals surface area contributed by atoms with Crippen molar-refractivity contribution in [2.24, 2.45) is 11.8 Å². The molecule has 0 aromatic heterocycles. The van der Waals surface area contributed by atoms with Gasteiger partial charge >= 0.3 is 18.2 Å². The van der Waals surface area contributed by atoms with Crippen LogP contribution < -0.4 is 26.0 Å². The summed E-state index contributed by atoms with van der Waals surface area (Å²) in [6, 6.07) is 3.43. The van der Waals surface area contributed by atoms with Gasteiger partial charge < -0.3 is 26.0 Å². The van der Waals surface area contributed by atoms with Crippen molar-refractivity contribution in [2.75, 3.05) is 25.6 Å². The summed E-state index contributed by atoms with van der Waals surface area (Å²) in [5.74, 6) is -5.04. The van der Waals surface area contributed by atoms with Gasteiger partial charge in [-0.3, -0.25) is 28.7 Å². The van der Waals surface area contributed by atoms with Gasteiger partial charge in [-0.1, -0.05) is 19.9 Å². The van der Waals surface area contributed by atoms with Crippen molar-refractivity contribution in [1.82, 2.24) is 16.0 Å². The summed E-state index contributed by atoms with van der Waals surface area (Å²) in [7, 11) is 1.43. The number of nitrogens with one attached hydrogen (secondary N) is 4. The Labute approximate surface area is 217 Å². The maximum atomic E-state index is 13.1. The summed E-state index contributed by atoms with van der Waals surface area (Å²) in [5, 5.41) is 9.57. The van der Waals surface area contributed by atoms with E-state index in [1.807, 2.05) is 0 Å². The van der Waals surface area contributed by atoms with E-state index in [1.165, 1.54) is 19.2 Å². The van der Waals surface area contributed by atoms with Crippen molar-refractivity contribution in [1.29, 1.82) is 0 Å². The summed E-state index contributed by atoms with van der Waals surface area (Å²) in [6.45, 7) is 2.44. The molecule has 0 spiro atoms. The predicted molar refractivity (Wildman–Crippen MR) is 128 cm³/mol. The fraction of sp³-hybridized carbons (Fsp3) is 0.542. The first-order chi connectivity index (χ1) is 17.8. The van der Waals surface area contributed by atoms with E-state index >= 15 is 0 Å². The number of carbonyl (C=O) groups excluding carboxylic acids is 5. The number of amides is 4. The Bertz CT molecular complexity index is 1030. The minimum atomic E-state index is -5.07. The molecule has 1 heterocycles. The molecule has 1 saturated heterocycles. The summed E-state index contributed by atoms with van der Waals surface area (Å²) in [5.41, 5.74) is 0.263. The number of carbonyl (C=O) groups is 5. The Morgan fingerprint density at radius 3 is 2.39 bits per heavy atom. The number of hydrogen-bond donors (Lipinski definition) is 4. The molecule has 38 heavy (non-hydrogen) atoms. The van der Waals surface area contributed by atoms with E-state index in [4.69, 9.17) is 4.74 Å². The lowest BCUT2D eigenvalue weighted by atomic mass is 9.95. The number of halogens is 3. The number of hydrogen-bond acceptors (Lipinski definition) is 7. The van der Waals surface area contributed by atoms with Gasteiger partial charge in [-0.25, -0.2) is 0 Å². The average molecular weight is 545 g/mol. The van der Waals surface area contributed by atoms with Gasteiger partial charge in [0.15, 0.2) is 5.78 Å². The highest BCUT2D eigenvalue weighted by atomic mass is 19.4. The molecule has 210 valence electrons. The highest BCUT2D eigenvalue weighted by molar-refractivity contribution is 6.40. The lowest BCUT2D eigenvalue weighted by molar-refractivity contribution is -0.321. The first kappa shape index (κ1) is 30.5. The summed E-state index contributed by atoms with van der Waals surface area (Å²) >= 11 is 0. The Balaban J connectivity index is 2.12. The number of rotatable bonds is 12. The van der Waals surface area contributed by atoms with Crippen LogP contribution in [-0.4, -0.2) is 68.1 Å². The molecule has 3 atom stereocenters. The first-order valence-corrected chi connectivity index (χ1v) is 11.9. The predicted octanol–water partition coefficient (Wildman–Crippen LogP) is 1.28. The van der Waals surface area contributed by atoms with Crippen molar-refractivity contribution in [2.45, 2.75) is 51.6 Å². The molecule has 4 N–H and O–H groups in total. The Morgan fingerprint density at radius 2 is 1.82 bits per heavy atom. The van der Waals surface area contributed by atoms with Crippen LogP contribution in [0.5, 0.6) is 5.75 Å². The zero-order chi connectivity index (χ0) is 28.5. The maximum Gasteiger partial charge on any atom is 0.522 e. The number of Topliss-reactive ketones (excluding diaryl/α,β-unsaturated/α-hetero) is 1. The van der Waals surface area contributed by atoms with Crippen molar-refractivity contribution in [3.63, 3.8) is 0 Å². The first-order valence-electron chi connectivity index (χ1n) is 11.9. The standard InChI is InChI=1S/C24H31F3N4O7/c1-13(2)9-18(31-23(36)22(35)29-15-5-4-6-16(11-15)37-3)21(34)30-17(10-14-7-8-28-20(14)33)19(32)12-38-24(25,26)27/h4-6,11,13-14,17-18H,7-10,12H2,1-3H3,(H,28,33)(H,29,35)(H,30,34)(H,31,36)/t14-,17-,18-/m0/s1. The van der Waals surface area contributed by atoms with E-state index in [0.717, 1.165) is 0 Å². The Morgan fingerprint density at radius 1 is 1.11 bits per heavy atom. The van der Waals surface area contributed by atoms with E-state index in [9.17, 15) is 37.1 Å². The fourth-order valence-corrected chi connectivity index (χ4v) is 3.77. The molecular formula is C24H31F3N4O7. The van der Waals surface area contributed by atoms with Gasteiger partial charge in [0, 0.05) is 24.2 Å². The molecule has 2 rings (SSSR count). The topological polar surface area (TPSA) is 152 Å². The van der Waals surface area contributed by atoms with Gasteiger partial charge in [-0.2, -0.15) is 0 Å². The van der Waals surface area contributed by atoms with Crippen molar-refractivity contribution in [3.05, 3.63) is 24.3 Å². The maximum absolute atomic E-state index is 13.1. The highest BCUT2D eigenvalue weighted by Gasteiger charge is 2.36. The molecule has 1 aromatic carbocycles. The highest BCUT2D eigenvalue weighted by Crippen LogP contribution is 2.20. The van der Waals surface area contributed by atoms with Gasteiger partial charge in [0.2, 0.25) is 11.8 Å². The second-order valence-electron chi connectivity index (χ2n) is 9.12. The molecule has 0 bridgehead atoms. The summed E-state index contributed by atoms with van der Waals surface area (Å²) in [4.78, 5) is 62.5. The molecule has 4 amide bonds. The molecule has 1 aliphatic heterocycles. The summed E-state index contributed by atoms with van der Waals surface area (Å²) in [6.07, 6.45) is -4.95. The molecule has 0 radical (unpaired) electrons. The third kappa shape index (κ3) is 10.00. The van der Waals surface area contributed by atoms with Crippen LogP contribution >= 0.6 is 0 Å². The molecule has 11 nitrogen and oxygen atoms in total. The molecule has 0 aliphatic carbocycles. The Kier molecular flexibility index (Phi) is 11.0. The number of ether oxygens (including phenoxy) is 2. The number of methoxy groups -OCH3 is 1. The van der Waals surface area contributed by atoms with Gasteiger partial charge in [0.1, 0.15) is 18.4 Å². The lowest BCUT2D eigenvalue weighted by Crippen LogP contribution is -2.54. The van der Waals surface area contributed by atoms with Crippen LogP contribution in [0.2, 0.25) is 0 Å². The normalized spacial score (nSPS) is 16.8. The fourth-order valence-electron chi connectivity index (χ4n) is 3.77. The third-order valence-electron chi connectivity index (χ3n) is 5.63. The number of ketones is 1. The summed E-state index contributed by atoms with van der Waals surface area (Å²) < 4.78 is 46.1. The van der Waals surface area contributed by atoms with Gasteiger partial charge in [-0.05, 0) is 37.3 Å². The van der Waals surface area contributed by atoms with E-state index in [0.29, 0.717) is 18.7 Å². The van der Waals surface area contributed by atoms with Gasteiger partial charge in [0.05, 0.1) is 13.2 Å². The number of benzene rings is 1. The van der Waals surface area contributed by atoms with E-state index in [-0.39, 0.29) is 24.4 Å². The van der Waals surface area contributed by atoms with Gasteiger partial charge in [-0.15, -0.1) is 13.2 Å². The monoisotopic (exact) mass is 544 g/mol. The van der Waals surface area contributed by atoms with Crippen LogP contribution in [0.25, 0.3) is 0 Å². The van der Waals surface area contributed by atoms with Crippen LogP contribution in [0.15, 0.2) is 24.3 Å². The van der Waals surface area contributed by atoms with E-state index < -0.39 is 60.4 Å². The molecule has 0 saturated carbocycles. The average Bonchev–Trinajstić information content (AvgIpc) is 3.25. The minimum Gasteiger partial charge on any atom is -0.497 e. The zero-order valence-corrected chi connectivity index (χ0v) is 21.1. The van der Waals surface area contributed by atoms with E-state index in [2.05, 4.69) is 26.0 Å². The quantitative estimate of drug-likeness (QED) is 0.289. The number of alkyl halides is 3. The molecule has 1 aromatic rings. The van der Waals surface area contributed by atoms with Crippen LogP contribution in [-0.2, 0) is 28.7 Å². The third-order valence-corrected chi connectivity index (χ3v) is 5.63. The number of anilines is 1. The largest absolute Gasteiger partial charge is 0.522 e. The minimum absolute atomic E-state index is 0.0495. The second kappa shape index (κ2) is 13.7. The molecule has 0 unspecified atom stereocenters. The van der Waals surface area contributed by atoms with Crippen LogP contribution in [0, 0.1) is 11.8 Å². The van der Waals surface area contributed by atoms with E-state index in [1.54, 1.807) is 26.0 Å². The van der Waals surface area contributed by atoms with Crippen LogP contribution in [0.1, 0.15) is 33.1 Å².